The Kier molecular flexibility index (Phi) is 8.34. The summed E-state index contributed by atoms with van der Waals surface area (Å²) in [6.45, 7) is 1.44. The summed E-state index contributed by atoms with van der Waals surface area (Å²) >= 11 is 5.97. The van der Waals surface area contributed by atoms with Gasteiger partial charge in [0.2, 0.25) is 16.0 Å². The van der Waals surface area contributed by atoms with E-state index in [0.717, 1.165) is 0 Å². The standard InChI is InChI=1S/C22H29ClN6O7S2/c1-13(19(36-4)20-24-10-8-17(23)25-20)38(32,33)28-22-27-26-21(14-9-11-37(30,31)12-14)29(22)18-15(34-2)6-5-7-16(18)35-3/h5-8,10,13-14,19,30-31H,9,11-12H2,1-4H3,(H,27,28)/t13-,14-,19-/m0/s1. The van der Waals surface area contributed by atoms with Crippen molar-refractivity contribution in [1.29, 1.82) is 0 Å². The number of para-hydroxylation sites is 1. The topological polar surface area (TPSA) is 171 Å². The summed E-state index contributed by atoms with van der Waals surface area (Å²) in [5.41, 5.74) is 0.354. The van der Waals surface area contributed by atoms with Crippen LogP contribution in [0.15, 0.2) is 30.5 Å². The number of hydrogen-bond acceptors (Lipinski definition) is 11. The van der Waals surface area contributed by atoms with Crippen LogP contribution >= 0.6 is 22.2 Å². The first-order valence-electron chi connectivity index (χ1n) is 11.4. The van der Waals surface area contributed by atoms with Gasteiger partial charge in [0.05, 0.1) is 14.2 Å². The van der Waals surface area contributed by atoms with E-state index in [1.807, 2.05) is 0 Å². The number of halogens is 1. The molecule has 0 aliphatic carbocycles. The van der Waals surface area contributed by atoms with Crippen LogP contribution in [-0.4, -0.2) is 80.3 Å². The summed E-state index contributed by atoms with van der Waals surface area (Å²) in [5, 5.41) is 7.36. The zero-order valence-electron chi connectivity index (χ0n) is 21.1. The van der Waals surface area contributed by atoms with Crippen molar-refractivity contribution < 1.29 is 31.7 Å². The van der Waals surface area contributed by atoms with E-state index in [2.05, 4.69) is 24.9 Å². The van der Waals surface area contributed by atoms with Crippen molar-refractivity contribution in [3.05, 3.63) is 47.3 Å². The molecule has 1 saturated heterocycles. The van der Waals surface area contributed by atoms with Crippen LogP contribution in [0.5, 0.6) is 11.5 Å². The van der Waals surface area contributed by atoms with E-state index in [1.165, 1.54) is 45.1 Å². The minimum Gasteiger partial charge on any atom is -0.494 e. The highest BCUT2D eigenvalue weighted by atomic mass is 35.5. The highest BCUT2D eigenvalue weighted by molar-refractivity contribution is 8.24. The first-order valence-corrected chi connectivity index (χ1v) is 15.3. The van der Waals surface area contributed by atoms with Crippen molar-refractivity contribution in [2.45, 2.75) is 30.6 Å². The Morgan fingerprint density at radius 3 is 2.39 bits per heavy atom. The quantitative estimate of drug-likeness (QED) is 0.296. The summed E-state index contributed by atoms with van der Waals surface area (Å²) in [4.78, 5) is 8.20. The second kappa shape index (κ2) is 11.2. The van der Waals surface area contributed by atoms with Gasteiger partial charge in [-0.25, -0.2) is 18.4 Å². The lowest BCUT2D eigenvalue weighted by Crippen LogP contribution is -2.33. The fourth-order valence-corrected chi connectivity index (χ4v) is 7.36. The molecule has 3 N–H and O–H groups in total. The molecule has 0 unspecified atom stereocenters. The predicted octanol–water partition coefficient (Wildman–Crippen LogP) is 3.48. The van der Waals surface area contributed by atoms with E-state index in [4.69, 9.17) is 25.8 Å². The van der Waals surface area contributed by atoms with Crippen LogP contribution in [0.1, 0.15) is 37.0 Å². The zero-order chi connectivity index (χ0) is 27.7. The Bertz CT molecular complexity index is 1380. The lowest BCUT2D eigenvalue weighted by Gasteiger charge is -2.26. The van der Waals surface area contributed by atoms with Gasteiger partial charge < -0.3 is 14.2 Å². The van der Waals surface area contributed by atoms with Crippen LogP contribution < -0.4 is 14.2 Å². The van der Waals surface area contributed by atoms with E-state index in [9.17, 15) is 17.5 Å². The molecule has 0 bridgehead atoms. The summed E-state index contributed by atoms with van der Waals surface area (Å²) < 4.78 is 68.2. The van der Waals surface area contributed by atoms with Crippen LogP contribution in [0, 0.1) is 0 Å². The molecule has 0 spiro atoms. The molecular weight excluding hydrogens is 560 g/mol. The SMILES string of the molecule is COc1cccc(OC)c1-n1c(NS(=O)(=O)[C@@H](C)[C@H](OC)c2nccc(Cl)n2)nnc1[C@H]1CCS(O)(O)C1. The molecule has 208 valence electrons. The maximum atomic E-state index is 13.6. The number of methoxy groups -OCH3 is 3. The number of hydrogen-bond donors (Lipinski definition) is 3. The summed E-state index contributed by atoms with van der Waals surface area (Å²) in [5.74, 6) is 0.907. The molecule has 1 aliphatic rings. The van der Waals surface area contributed by atoms with Gasteiger partial charge in [-0.2, -0.15) is 10.6 Å². The Morgan fingerprint density at radius 1 is 1.16 bits per heavy atom. The monoisotopic (exact) mass is 588 g/mol. The van der Waals surface area contributed by atoms with Crippen molar-refractivity contribution in [1.82, 2.24) is 24.7 Å². The summed E-state index contributed by atoms with van der Waals surface area (Å²) in [6.07, 6.45) is 0.788. The average Bonchev–Trinajstić information content (AvgIpc) is 3.45. The van der Waals surface area contributed by atoms with Gasteiger partial charge in [0.1, 0.15) is 39.5 Å². The van der Waals surface area contributed by atoms with E-state index in [1.54, 1.807) is 18.2 Å². The lowest BCUT2D eigenvalue weighted by molar-refractivity contribution is 0.0950. The third-order valence-corrected chi connectivity index (χ3v) is 9.97. The van der Waals surface area contributed by atoms with Gasteiger partial charge in [0.15, 0.2) is 5.82 Å². The van der Waals surface area contributed by atoms with Gasteiger partial charge in [-0.1, -0.05) is 17.7 Å². The third kappa shape index (κ3) is 5.67. The minimum atomic E-state index is -4.18. The number of anilines is 1. The number of sulfonamides is 1. The lowest BCUT2D eigenvalue weighted by atomic mass is 10.1. The second-order valence-electron chi connectivity index (χ2n) is 8.63. The van der Waals surface area contributed by atoms with Gasteiger partial charge >= 0.3 is 0 Å². The molecule has 1 fully saturated rings. The molecule has 0 amide bonds. The number of aromatic nitrogens is 5. The largest absolute Gasteiger partial charge is 0.494 e. The first-order chi connectivity index (χ1) is 18.0. The molecule has 4 rings (SSSR count). The summed E-state index contributed by atoms with van der Waals surface area (Å²) in [7, 11) is -2.69. The molecule has 38 heavy (non-hydrogen) atoms. The van der Waals surface area contributed by atoms with Gasteiger partial charge in [0, 0.05) is 30.7 Å². The van der Waals surface area contributed by atoms with Crippen LogP contribution in [0.3, 0.4) is 0 Å². The molecule has 1 aromatic carbocycles. The second-order valence-corrected chi connectivity index (χ2v) is 13.4. The Morgan fingerprint density at radius 2 is 1.84 bits per heavy atom. The van der Waals surface area contributed by atoms with Gasteiger partial charge in [-0.15, -0.1) is 10.2 Å². The Labute approximate surface area is 226 Å². The Balaban J connectivity index is 1.80. The van der Waals surface area contributed by atoms with E-state index in [-0.39, 0.29) is 28.4 Å². The third-order valence-electron chi connectivity index (χ3n) is 6.24. The van der Waals surface area contributed by atoms with Gasteiger partial charge in [-0.3, -0.25) is 18.4 Å². The highest BCUT2D eigenvalue weighted by Crippen LogP contribution is 2.52. The highest BCUT2D eigenvalue weighted by Gasteiger charge is 2.38. The van der Waals surface area contributed by atoms with Crippen LogP contribution in [0.4, 0.5) is 5.95 Å². The molecule has 2 aromatic heterocycles. The average molecular weight is 589 g/mol. The molecule has 3 heterocycles. The fraction of sp³-hybridized carbons (Fsp3) is 0.455. The molecular formula is C22H29ClN6O7S2. The molecule has 3 aromatic rings. The zero-order valence-corrected chi connectivity index (χ0v) is 23.5. The van der Waals surface area contributed by atoms with Crippen LogP contribution in [-0.2, 0) is 14.8 Å². The maximum Gasteiger partial charge on any atom is 0.243 e. The van der Waals surface area contributed by atoms with Gasteiger partial charge in [-0.05, 0) is 31.5 Å². The van der Waals surface area contributed by atoms with Crippen molar-refractivity contribution in [3.8, 4) is 17.2 Å². The first kappa shape index (κ1) is 28.3. The van der Waals surface area contributed by atoms with Crippen LogP contribution in [0.25, 0.3) is 5.69 Å². The number of nitrogens with one attached hydrogen (secondary N) is 1. The van der Waals surface area contributed by atoms with Crippen LogP contribution in [0.2, 0.25) is 5.15 Å². The minimum absolute atomic E-state index is 0.0730. The molecule has 1 aliphatic heterocycles. The Hall–Kier alpha value is -2.69. The number of rotatable bonds is 10. The predicted molar refractivity (Wildman–Crippen MR) is 143 cm³/mol. The smallest absolute Gasteiger partial charge is 0.243 e. The number of benzene rings is 1. The molecule has 0 saturated carbocycles. The molecule has 16 heteroatoms. The fourth-order valence-electron chi connectivity index (χ4n) is 4.30. The maximum absolute atomic E-state index is 13.6. The molecule has 0 radical (unpaired) electrons. The molecule has 3 atom stereocenters. The van der Waals surface area contributed by atoms with Crippen molar-refractivity contribution in [2.75, 3.05) is 37.6 Å². The van der Waals surface area contributed by atoms with E-state index < -0.39 is 37.9 Å². The summed E-state index contributed by atoms with van der Waals surface area (Å²) in [6, 6.07) is 6.56. The van der Waals surface area contributed by atoms with Crippen molar-refractivity contribution in [3.63, 3.8) is 0 Å². The molecule has 13 nitrogen and oxygen atoms in total. The van der Waals surface area contributed by atoms with E-state index >= 15 is 0 Å². The van der Waals surface area contributed by atoms with Crippen molar-refractivity contribution in [2.24, 2.45) is 0 Å². The number of ether oxygens (including phenoxy) is 3. The number of nitrogens with zero attached hydrogens (tertiary/aromatic N) is 5. The van der Waals surface area contributed by atoms with Crippen molar-refractivity contribution >= 4 is 38.2 Å². The van der Waals surface area contributed by atoms with E-state index in [0.29, 0.717) is 29.4 Å². The van der Waals surface area contributed by atoms with Gasteiger partial charge in [0.25, 0.3) is 0 Å². The normalized spacial score (nSPS) is 19.5.